The fourth-order valence-corrected chi connectivity index (χ4v) is 4.68. The Hall–Kier alpha value is -2.44. The van der Waals surface area contributed by atoms with E-state index in [4.69, 9.17) is 0 Å². The van der Waals surface area contributed by atoms with Gasteiger partial charge < -0.3 is 10.6 Å². The molecule has 1 aromatic rings. The lowest BCUT2D eigenvalue weighted by molar-refractivity contribution is -0.137. The SMILES string of the molecule is C[C@H]1CC(C)(C)C[C@]2(C1)NC(=O)N(CC(=O)NCc1ccccc1F)C2=O. The van der Waals surface area contributed by atoms with Crippen LogP contribution in [0.3, 0.4) is 0 Å². The number of rotatable bonds is 4. The molecule has 7 heteroatoms. The predicted molar refractivity (Wildman–Crippen MR) is 98.0 cm³/mol. The van der Waals surface area contributed by atoms with E-state index >= 15 is 0 Å². The van der Waals surface area contributed by atoms with E-state index in [1.54, 1.807) is 18.2 Å². The van der Waals surface area contributed by atoms with Crippen LogP contribution in [0.15, 0.2) is 24.3 Å². The van der Waals surface area contributed by atoms with Crippen molar-refractivity contribution in [2.75, 3.05) is 6.54 Å². The third kappa shape index (κ3) is 3.96. The molecule has 6 nitrogen and oxygen atoms in total. The van der Waals surface area contributed by atoms with Gasteiger partial charge in [0.25, 0.3) is 5.91 Å². The van der Waals surface area contributed by atoms with Crippen LogP contribution in [0.5, 0.6) is 0 Å². The fraction of sp³-hybridized carbons (Fsp3) is 0.550. The van der Waals surface area contributed by atoms with E-state index in [2.05, 4.69) is 31.4 Å². The highest BCUT2D eigenvalue weighted by Gasteiger charge is 2.56. The van der Waals surface area contributed by atoms with E-state index in [1.165, 1.54) is 6.07 Å². The van der Waals surface area contributed by atoms with E-state index in [-0.39, 0.29) is 24.4 Å². The Morgan fingerprint density at radius 3 is 2.67 bits per heavy atom. The first-order chi connectivity index (χ1) is 12.6. The summed E-state index contributed by atoms with van der Waals surface area (Å²) in [6, 6.07) is 5.60. The van der Waals surface area contributed by atoms with Gasteiger partial charge in [-0.1, -0.05) is 39.0 Å². The largest absolute Gasteiger partial charge is 0.350 e. The van der Waals surface area contributed by atoms with E-state index in [1.807, 2.05) is 0 Å². The lowest BCUT2D eigenvalue weighted by atomic mass is 9.64. The minimum Gasteiger partial charge on any atom is -0.350 e. The summed E-state index contributed by atoms with van der Waals surface area (Å²) in [4.78, 5) is 38.6. The Bertz CT molecular complexity index is 779. The van der Waals surface area contributed by atoms with Gasteiger partial charge >= 0.3 is 6.03 Å². The second kappa shape index (κ2) is 6.94. The molecule has 0 unspecified atom stereocenters. The number of urea groups is 1. The van der Waals surface area contributed by atoms with Gasteiger partial charge in [-0.3, -0.25) is 14.5 Å². The van der Waals surface area contributed by atoms with Gasteiger partial charge in [0.1, 0.15) is 17.9 Å². The average molecular weight is 375 g/mol. The third-order valence-electron chi connectivity index (χ3n) is 5.36. The van der Waals surface area contributed by atoms with Crippen molar-refractivity contribution in [2.24, 2.45) is 11.3 Å². The van der Waals surface area contributed by atoms with Gasteiger partial charge in [-0.05, 0) is 36.7 Å². The van der Waals surface area contributed by atoms with Gasteiger partial charge in [0.2, 0.25) is 5.91 Å². The Labute approximate surface area is 158 Å². The van der Waals surface area contributed by atoms with E-state index in [9.17, 15) is 18.8 Å². The molecule has 1 saturated heterocycles. The van der Waals surface area contributed by atoms with Gasteiger partial charge in [-0.15, -0.1) is 0 Å². The van der Waals surface area contributed by atoms with Crippen LogP contribution in [0.4, 0.5) is 9.18 Å². The Morgan fingerprint density at radius 2 is 2.00 bits per heavy atom. The van der Waals surface area contributed by atoms with E-state index < -0.39 is 23.3 Å². The van der Waals surface area contributed by atoms with Gasteiger partial charge in [-0.25, -0.2) is 9.18 Å². The topological polar surface area (TPSA) is 78.5 Å². The zero-order chi connectivity index (χ0) is 19.8. The normalized spacial score (nSPS) is 27.0. The van der Waals surface area contributed by atoms with Crippen molar-refractivity contribution in [3.63, 3.8) is 0 Å². The number of halogens is 1. The van der Waals surface area contributed by atoms with Crippen LogP contribution in [0, 0.1) is 17.2 Å². The molecule has 1 heterocycles. The molecule has 27 heavy (non-hydrogen) atoms. The lowest BCUT2D eigenvalue weighted by Gasteiger charge is -2.43. The lowest BCUT2D eigenvalue weighted by Crippen LogP contribution is -2.54. The van der Waals surface area contributed by atoms with Crippen LogP contribution in [0.25, 0.3) is 0 Å². The van der Waals surface area contributed by atoms with Gasteiger partial charge in [0.15, 0.2) is 0 Å². The Kier molecular flexibility index (Phi) is 4.97. The number of imide groups is 1. The zero-order valence-electron chi connectivity index (χ0n) is 16.0. The van der Waals surface area contributed by atoms with Crippen LogP contribution < -0.4 is 10.6 Å². The van der Waals surface area contributed by atoms with Crippen LogP contribution in [0.2, 0.25) is 0 Å². The maximum Gasteiger partial charge on any atom is 0.325 e. The van der Waals surface area contributed by atoms with Crippen molar-refractivity contribution >= 4 is 17.8 Å². The molecule has 2 N–H and O–H groups in total. The molecule has 0 radical (unpaired) electrons. The summed E-state index contributed by atoms with van der Waals surface area (Å²) in [6.45, 7) is 5.90. The Morgan fingerprint density at radius 1 is 1.30 bits per heavy atom. The summed E-state index contributed by atoms with van der Waals surface area (Å²) in [5.74, 6) is -0.951. The molecule has 2 aliphatic rings. The maximum atomic E-state index is 13.6. The molecular formula is C20H26FN3O3. The quantitative estimate of drug-likeness (QED) is 0.794. The number of carbonyl (C=O) groups excluding carboxylic acids is 3. The molecule has 4 amide bonds. The predicted octanol–water partition coefficient (Wildman–Crippen LogP) is 2.58. The third-order valence-corrected chi connectivity index (χ3v) is 5.36. The molecule has 1 saturated carbocycles. The molecule has 2 atom stereocenters. The first kappa shape index (κ1) is 19.3. The number of hydrogen-bond donors (Lipinski definition) is 2. The molecule has 1 spiro atoms. The van der Waals surface area contributed by atoms with Crippen LogP contribution in [-0.2, 0) is 16.1 Å². The molecule has 1 aliphatic heterocycles. The monoisotopic (exact) mass is 375 g/mol. The standard InChI is InChI=1S/C20H26FN3O3/c1-13-8-19(2,3)12-20(9-13)17(26)24(18(27)23-20)11-16(25)22-10-14-6-4-5-7-15(14)21/h4-7,13H,8-12H2,1-3H3,(H,22,25)(H,23,27)/t13-,20-/m0/s1. The van der Waals surface area contributed by atoms with Crippen molar-refractivity contribution in [1.29, 1.82) is 0 Å². The summed E-state index contributed by atoms with van der Waals surface area (Å²) in [5.41, 5.74) is -0.643. The summed E-state index contributed by atoms with van der Waals surface area (Å²) < 4.78 is 13.6. The summed E-state index contributed by atoms with van der Waals surface area (Å²) in [7, 11) is 0. The number of nitrogens with zero attached hydrogens (tertiary/aromatic N) is 1. The summed E-state index contributed by atoms with van der Waals surface area (Å²) >= 11 is 0. The maximum absolute atomic E-state index is 13.6. The number of carbonyl (C=O) groups is 3. The van der Waals surface area contributed by atoms with Crippen molar-refractivity contribution < 1.29 is 18.8 Å². The minimum absolute atomic E-state index is 0.00433. The molecule has 1 aromatic carbocycles. The Balaban J connectivity index is 1.65. The number of amides is 4. The molecule has 2 fully saturated rings. The highest BCUT2D eigenvalue weighted by Crippen LogP contribution is 2.46. The first-order valence-corrected chi connectivity index (χ1v) is 9.26. The number of benzene rings is 1. The fourth-order valence-electron chi connectivity index (χ4n) is 4.68. The average Bonchev–Trinajstić information content (AvgIpc) is 2.75. The second-order valence-corrected chi connectivity index (χ2v) is 8.63. The summed E-state index contributed by atoms with van der Waals surface area (Å²) in [5, 5.41) is 5.41. The first-order valence-electron chi connectivity index (χ1n) is 9.26. The van der Waals surface area contributed by atoms with Crippen molar-refractivity contribution in [3.8, 4) is 0 Å². The highest BCUT2D eigenvalue weighted by molar-refractivity contribution is 6.09. The van der Waals surface area contributed by atoms with Gasteiger partial charge in [-0.2, -0.15) is 0 Å². The van der Waals surface area contributed by atoms with Crippen LogP contribution in [0.1, 0.15) is 45.6 Å². The molecule has 3 rings (SSSR count). The number of nitrogens with one attached hydrogen (secondary N) is 2. The van der Waals surface area contributed by atoms with Crippen molar-refractivity contribution in [2.45, 2.75) is 52.1 Å². The summed E-state index contributed by atoms with van der Waals surface area (Å²) in [6.07, 6.45) is 2.12. The van der Waals surface area contributed by atoms with Crippen LogP contribution in [-0.4, -0.2) is 34.8 Å². The molecule has 1 aliphatic carbocycles. The minimum atomic E-state index is -0.927. The zero-order valence-corrected chi connectivity index (χ0v) is 16.0. The van der Waals surface area contributed by atoms with E-state index in [0.29, 0.717) is 24.3 Å². The molecule has 146 valence electrons. The van der Waals surface area contributed by atoms with Crippen molar-refractivity contribution in [1.82, 2.24) is 15.5 Å². The highest BCUT2D eigenvalue weighted by atomic mass is 19.1. The van der Waals surface area contributed by atoms with Crippen LogP contribution >= 0.6 is 0 Å². The van der Waals surface area contributed by atoms with Crippen molar-refractivity contribution in [3.05, 3.63) is 35.6 Å². The molecule has 0 bridgehead atoms. The van der Waals surface area contributed by atoms with Gasteiger partial charge in [0, 0.05) is 12.1 Å². The number of hydrogen-bond acceptors (Lipinski definition) is 3. The smallest absolute Gasteiger partial charge is 0.325 e. The molecule has 0 aromatic heterocycles. The second-order valence-electron chi connectivity index (χ2n) is 8.63. The van der Waals surface area contributed by atoms with E-state index in [0.717, 1.165) is 11.3 Å². The molecular weight excluding hydrogens is 349 g/mol. The van der Waals surface area contributed by atoms with Gasteiger partial charge in [0.05, 0.1) is 0 Å².